The predicted octanol–water partition coefficient (Wildman–Crippen LogP) is 4.65. The summed E-state index contributed by atoms with van der Waals surface area (Å²) in [6, 6.07) is 13.3. The van der Waals surface area contributed by atoms with Crippen LogP contribution in [0.15, 0.2) is 65.0 Å². The van der Waals surface area contributed by atoms with Gasteiger partial charge in [0.15, 0.2) is 17.3 Å². The van der Waals surface area contributed by atoms with Gasteiger partial charge < -0.3 is 29.0 Å². The molecular weight excluding hydrogens is 486 g/mol. The molecule has 2 atom stereocenters. The van der Waals surface area contributed by atoms with Crippen molar-refractivity contribution in [2.45, 2.75) is 38.5 Å². The van der Waals surface area contributed by atoms with E-state index < -0.39 is 11.9 Å². The van der Waals surface area contributed by atoms with Crippen LogP contribution in [-0.2, 0) is 19.1 Å². The van der Waals surface area contributed by atoms with E-state index in [0.717, 1.165) is 22.6 Å². The van der Waals surface area contributed by atoms with Crippen LogP contribution in [0, 0.1) is 0 Å². The number of methoxy groups -OCH3 is 3. The number of esters is 1. The molecular formula is C30H35NO7. The van der Waals surface area contributed by atoms with E-state index in [0.29, 0.717) is 54.4 Å². The number of hydrogen-bond donors (Lipinski definition) is 1. The molecule has 202 valence electrons. The summed E-state index contributed by atoms with van der Waals surface area (Å²) in [6.07, 6.45) is 0.933. The van der Waals surface area contributed by atoms with Crippen LogP contribution in [0.1, 0.15) is 49.7 Å². The predicted molar refractivity (Wildman–Crippen MR) is 143 cm³/mol. The molecule has 2 aliphatic rings. The molecule has 1 aliphatic carbocycles. The number of carbonyl (C=O) groups excluding carboxylic acids is 2. The summed E-state index contributed by atoms with van der Waals surface area (Å²) >= 11 is 0. The average molecular weight is 522 g/mol. The number of ether oxygens (including phenoxy) is 5. The maximum atomic E-state index is 13.8. The highest BCUT2D eigenvalue weighted by molar-refractivity contribution is 6.04. The van der Waals surface area contributed by atoms with Crippen LogP contribution >= 0.6 is 0 Å². The highest BCUT2D eigenvalue weighted by Crippen LogP contribution is 2.46. The van der Waals surface area contributed by atoms with Crippen molar-refractivity contribution in [2.75, 3.05) is 41.2 Å². The number of nitrogens with one attached hydrogen (secondary N) is 1. The Labute approximate surface area is 223 Å². The Hall–Kier alpha value is -3.78. The fourth-order valence-corrected chi connectivity index (χ4v) is 5.20. The molecule has 8 nitrogen and oxygen atoms in total. The lowest BCUT2D eigenvalue weighted by Gasteiger charge is -2.36. The van der Waals surface area contributed by atoms with Gasteiger partial charge in [0.2, 0.25) is 0 Å². The second kappa shape index (κ2) is 12.2. The summed E-state index contributed by atoms with van der Waals surface area (Å²) in [5.41, 5.74) is 4.36. The Balaban J connectivity index is 1.73. The Morgan fingerprint density at radius 2 is 1.66 bits per heavy atom. The standard InChI is InChI=1S/C30H35NO7/c1-6-37-22-10-7-19(8-11-22)28-27(30(33)38-14-13-34-3)18(2)31-23-15-21(16-24(32)29(23)28)20-9-12-25(35-4)26(17-20)36-5/h7-12,17,21,28,31H,6,13-16H2,1-5H3/t21-,28+/m1/s1. The van der Waals surface area contributed by atoms with E-state index in [-0.39, 0.29) is 18.3 Å². The third-order valence-electron chi connectivity index (χ3n) is 6.97. The van der Waals surface area contributed by atoms with Crippen molar-refractivity contribution in [3.05, 3.63) is 76.1 Å². The average Bonchev–Trinajstić information content (AvgIpc) is 2.92. The molecule has 0 aromatic heterocycles. The van der Waals surface area contributed by atoms with E-state index in [4.69, 9.17) is 23.7 Å². The molecule has 0 unspecified atom stereocenters. The molecule has 2 aromatic carbocycles. The molecule has 0 spiro atoms. The van der Waals surface area contributed by atoms with Crippen molar-refractivity contribution in [1.29, 1.82) is 0 Å². The number of Topliss-reactive ketones (excluding diaryl/α,β-unsaturated/α-hetero) is 1. The zero-order chi connectivity index (χ0) is 27.2. The van der Waals surface area contributed by atoms with Crippen LogP contribution < -0.4 is 19.5 Å². The van der Waals surface area contributed by atoms with Gasteiger partial charge in [-0.15, -0.1) is 0 Å². The lowest BCUT2D eigenvalue weighted by atomic mass is 9.71. The van der Waals surface area contributed by atoms with Gasteiger partial charge in [-0.3, -0.25) is 4.79 Å². The number of ketones is 1. The van der Waals surface area contributed by atoms with Gasteiger partial charge in [-0.1, -0.05) is 18.2 Å². The minimum absolute atomic E-state index is 0.00730. The van der Waals surface area contributed by atoms with Crippen molar-refractivity contribution >= 4 is 11.8 Å². The molecule has 4 rings (SSSR count). The summed E-state index contributed by atoms with van der Waals surface area (Å²) in [7, 11) is 4.74. The molecule has 8 heteroatoms. The number of allylic oxidation sites excluding steroid dienone is 3. The van der Waals surface area contributed by atoms with Gasteiger partial charge in [0.25, 0.3) is 0 Å². The third kappa shape index (κ3) is 5.55. The first-order valence-electron chi connectivity index (χ1n) is 12.8. The van der Waals surface area contributed by atoms with E-state index in [2.05, 4.69) is 5.32 Å². The molecule has 2 aromatic rings. The molecule has 0 saturated heterocycles. The molecule has 0 saturated carbocycles. The van der Waals surface area contributed by atoms with Crippen molar-refractivity contribution in [3.63, 3.8) is 0 Å². The SMILES string of the molecule is CCOc1ccc([C@H]2C(C(=O)OCCOC)=C(C)NC3=C2C(=O)C[C@H](c2ccc(OC)c(OC)c2)C3)cc1. The normalized spacial score (nSPS) is 19.0. The van der Waals surface area contributed by atoms with E-state index in [1.165, 1.54) is 0 Å². The molecule has 0 fully saturated rings. The smallest absolute Gasteiger partial charge is 0.336 e. The molecule has 0 radical (unpaired) electrons. The van der Waals surface area contributed by atoms with Gasteiger partial charge in [-0.2, -0.15) is 0 Å². The summed E-state index contributed by atoms with van der Waals surface area (Å²) in [5.74, 6) is 0.930. The summed E-state index contributed by atoms with van der Waals surface area (Å²) in [6.45, 7) is 4.74. The Bertz CT molecular complexity index is 1250. The third-order valence-corrected chi connectivity index (χ3v) is 6.97. The highest BCUT2D eigenvalue weighted by Gasteiger charge is 2.41. The Kier molecular flexibility index (Phi) is 8.73. The lowest BCUT2D eigenvalue weighted by molar-refractivity contribution is -0.140. The van der Waals surface area contributed by atoms with Crippen molar-refractivity contribution in [3.8, 4) is 17.2 Å². The van der Waals surface area contributed by atoms with E-state index in [1.807, 2.05) is 56.3 Å². The van der Waals surface area contributed by atoms with Gasteiger partial charge in [-0.25, -0.2) is 4.79 Å². The Morgan fingerprint density at radius 1 is 0.947 bits per heavy atom. The number of rotatable bonds is 10. The second-order valence-electron chi connectivity index (χ2n) is 9.26. The number of benzene rings is 2. The topological polar surface area (TPSA) is 92.3 Å². The van der Waals surface area contributed by atoms with Crippen LogP contribution in [0.25, 0.3) is 0 Å². The van der Waals surface area contributed by atoms with Crippen molar-refractivity contribution in [2.24, 2.45) is 0 Å². The van der Waals surface area contributed by atoms with Gasteiger partial charge >= 0.3 is 5.97 Å². The largest absolute Gasteiger partial charge is 0.494 e. The first-order chi connectivity index (χ1) is 18.4. The lowest BCUT2D eigenvalue weighted by Crippen LogP contribution is -2.36. The van der Waals surface area contributed by atoms with Crippen LogP contribution in [0.4, 0.5) is 0 Å². The number of carbonyl (C=O) groups is 2. The minimum atomic E-state index is -0.546. The highest BCUT2D eigenvalue weighted by atomic mass is 16.6. The monoisotopic (exact) mass is 521 g/mol. The molecule has 0 bridgehead atoms. The molecule has 1 N–H and O–H groups in total. The van der Waals surface area contributed by atoms with E-state index in [1.54, 1.807) is 21.3 Å². The van der Waals surface area contributed by atoms with Crippen LogP contribution in [0.3, 0.4) is 0 Å². The fraction of sp³-hybridized carbons (Fsp3) is 0.400. The van der Waals surface area contributed by atoms with Crippen LogP contribution in [0.2, 0.25) is 0 Å². The van der Waals surface area contributed by atoms with Gasteiger partial charge in [-0.05, 0) is 61.6 Å². The Morgan fingerprint density at radius 3 is 2.32 bits per heavy atom. The summed E-state index contributed by atoms with van der Waals surface area (Å²) < 4.78 is 27.0. The first kappa shape index (κ1) is 27.3. The maximum Gasteiger partial charge on any atom is 0.336 e. The molecule has 1 heterocycles. The van der Waals surface area contributed by atoms with Gasteiger partial charge in [0, 0.05) is 36.4 Å². The minimum Gasteiger partial charge on any atom is -0.494 e. The zero-order valence-corrected chi connectivity index (χ0v) is 22.6. The molecule has 38 heavy (non-hydrogen) atoms. The fourth-order valence-electron chi connectivity index (χ4n) is 5.20. The first-order valence-corrected chi connectivity index (χ1v) is 12.8. The van der Waals surface area contributed by atoms with E-state index in [9.17, 15) is 9.59 Å². The molecule has 0 amide bonds. The van der Waals surface area contributed by atoms with E-state index >= 15 is 0 Å². The second-order valence-corrected chi connectivity index (χ2v) is 9.26. The summed E-state index contributed by atoms with van der Waals surface area (Å²) in [4.78, 5) is 27.1. The van der Waals surface area contributed by atoms with Crippen molar-refractivity contribution < 1.29 is 33.3 Å². The van der Waals surface area contributed by atoms with Gasteiger partial charge in [0.1, 0.15) is 12.4 Å². The zero-order valence-electron chi connectivity index (χ0n) is 22.6. The quantitative estimate of drug-likeness (QED) is 0.357. The van der Waals surface area contributed by atoms with Crippen molar-refractivity contribution in [1.82, 2.24) is 5.32 Å². The maximum absolute atomic E-state index is 13.8. The number of dihydropyridines is 1. The molecule has 1 aliphatic heterocycles. The summed E-state index contributed by atoms with van der Waals surface area (Å²) in [5, 5.41) is 3.38. The van der Waals surface area contributed by atoms with Crippen LogP contribution in [-0.4, -0.2) is 52.9 Å². The van der Waals surface area contributed by atoms with Gasteiger partial charge in [0.05, 0.1) is 33.0 Å². The van der Waals surface area contributed by atoms with Crippen LogP contribution in [0.5, 0.6) is 17.2 Å². The number of hydrogen-bond acceptors (Lipinski definition) is 8.